The number of benzene rings is 1. The van der Waals surface area contributed by atoms with Crippen molar-refractivity contribution in [1.82, 2.24) is 10.2 Å². The minimum atomic E-state index is 0.550. The van der Waals surface area contributed by atoms with E-state index < -0.39 is 0 Å². The largest absolute Gasteiger partial charge is 0.378 e. The molecule has 0 amide bonds. The summed E-state index contributed by atoms with van der Waals surface area (Å²) in [5.74, 6) is 0.791. The quantitative estimate of drug-likeness (QED) is 0.727. The Morgan fingerprint density at radius 3 is 3.00 bits per heavy atom. The van der Waals surface area contributed by atoms with Crippen LogP contribution in [-0.2, 0) is 4.74 Å². The van der Waals surface area contributed by atoms with Gasteiger partial charge in [-0.1, -0.05) is 24.3 Å². The maximum Gasteiger partial charge on any atom is 0.156 e. The molecule has 17 heavy (non-hydrogen) atoms. The van der Waals surface area contributed by atoms with Crippen LogP contribution in [0.5, 0.6) is 0 Å². The van der Waals surface area contributed by atoms with Gasteiger partial charge in [-0.3, -0.25) is 0 Å². The molecule has 0 unspecified atom stereocenters. The molecule has 0 spiro atoms. The molecule has 0 aliphatic rings. The van der Waals surface area contributed by atoms with E-state index in [1.165, 1.54) is 0 Å². The van der Waals surface area contributed by atoms with Crippen molar-refractivity contribution in [3.8, 4) is 0 Å². The molecule has 3 N–H and O–H groups in total. The highest BCUT2D eigenvalue weighted by molar-refractivity contribution is 5.90. The van der Waals surface area contributed by atoms with Crippen LogP contribution in [0, 0.1) is 0 Å². The summed E-state index contributed by atoms with van der Waals surface area (Å²) in [5.41, 5.74) is 5.33. The number of hydrogen-bond donors (Lipinski definition) is 2. The topological polar surface area (TPSA) is 73.1 Å². The number of hydrogen-bond acceptors (Lipinski definition) is 5. The maximum atomic E-state index is 5.33. The first-order chi connectivity index (χ1) is 8.42. The lowest BCUT2D eigenvalue weighted by atomic mass is 10.2. The third-order valence-electron chi connectivity index (χ3n) is 2.37. The number of ether oxygens (including phenoxy) is 1. The molecule has 0 saturated carbocycles. The summed E-state index contributed by atoms with van der Waals surface area (Å²) in [6.07, 6.45) is 1.76. The fourth-order valence-electron chi connectivity index (χ4n) is 1.59. The minimum Gasteiger partial charge on any atom is -0.378 e. The lowest BCUT2D eigenvalue weighted by Crippen LogP contribution is -2.15. The molecular weight excluding hydrogens is 216 g/mol. The first-order valence-corrected chi connectivity index (χ1v) is 5.64. The minimum absolute atomic E-state index is 0.550. The van der Waals surface area contributed by atoms with E-state index in [1.54, 1.807) is 6.20 Å². The Kier molecular flexibility index (Phi) is 4.23. The summed E-state index contributed by atoms with van der Waals surface area (Å²) >= 11 is 0. The molecule has 2 rings (SSSR count). The van der Waals surface area contributed by atoms with E-state index in [2.05, 4.69) is 15.5 Å². The van der Waals surface area contributed by atoms with Gasteiger partial charge in [0.05, 0.1) is 19.4 Å². The van der Waals surface area contributed by atoms with Gasteiger partial charge in [-0.15, -0.1) is 5.10 Å². The standard InChI is InChI=1S/C12H16N4O/c13-5-7-17-8-6-14-12-11-4-2-1-3-10(11)9-15-16-12/h1-4,9H,5-8,13H2,(H,14,16). The van der Waals surface area contributed by atoms with Crippen LogP contribution in [0.15, 0.2) is 30.5 Å². The third-order valence-corrected chi connectivity index (χ3v) is 2.37. The maximum absolute atomic E-state index is 5.33. The van der Waals surface area contributed by atoms with Gasteiger partial charge < -0.3 is 15.8 Å². The molecule has 5 nitrogen and oxygen atoms in total. The summed E-state index contributed by atoms with van der Waals surface area (Å²) in [5, 5.41) is 13.4. The molecule has 1 aromatic heterocycles. The normalized spacial score (nSPS) is 10.6. The highest BCUT2D eigenvalue weighted by atomic mass is 16.5. The van der Waals surface area contributed by atoms with E-state index >= 15 is 0 Å². The van der Waals surface area contributed by atoms with Gasteiger partial charge in [-0.2, -0.15) is 5.10 Å². The Morgan fingerprint density at radius 1 is 1.24 bits per heavy atom. The number of anilines is 1. The van der Waals surface area contributed by atoms with Gasteiger partial charge >= 0.3 is 0 Å². The molecule has 5 heteroatoms. The monoisotopic (exact) mass is 232 g/mol. The molecule has 1 heterocycles. The van der Waals surface area contributed by atoms with Crippen LogP contribution in [0.4, 0.5) is 5.82 Å². The number of nitrogens with two attached hydrogens (primary N) is 1. The van der Waals surface area contributed by atoms with Crippen LogP contribution >= 0.6 is 0 Å². The zero-order valence-electron chi connectivity index (χ0n) is 9.60. The molecule has 1 aromatic carbocycles. The smallest absolute Gasteiger partial charge is 0.156 e. The van der Waals surface area contributed by atoms with Crippen LogP contribution in [-0.4, -0.2) is 36.5 Å². The molecule has 0 radical (unpaired) electrons. The molecule has 2 aromatic rings. The SMILES string of the molecule is NCCOCCNc1nncc2ccccc12. The van der Waals surface area contributed by atoms with E-state index in [0.29, 0.717) is 26.3 Å². The number of fused-ring (bicyclic) bond motifs is 1. The van der Waals surface area contributed by atoms with Crippen LogP contribution in [0.25, 0.3) is 10.8 Å². The van der Waals surface area contributed by atoms with Crippen LogP contribution < -0.4 is 11.1 Å². The summed E-state index contributed by atoms with van der Waals surface area (Å²) in [7, 11) is 0. The molecule has 0 aliphatic carbocycles. The van der Waals surface area contributed by atoms with Crippen molar-refractivity contribution in [2.24, 2.45) is 5.73 Å². The van der Waals surface area contributed by atoms with Crippen molar-refractivity contribution in [2.75, 3.05) is 31.6 Å². The zero-order valence-corrected chi connectivity index (χ0v) is 9.60. The second-order valence-electron chi connectivity index (χ2n) is 3.61. The van der Waals surface area contributed by atoms with Crippen molar-refractivity contribution in [1.29, 1.82) is 0 Å². The summed E-state index contributed by atoms with van der Waals surface area (Å²) in [4.78, 5) is 0. The van der Waals surface area contributed by atoms with Crippen LogP contribution in [0.2, 0.25) is 0 Å². The number of aromatic nitrogens is 2. The van der Waals surface area contributed by atoms with Gasteiger partial charge in [0, 0.05) is 23.9 Å². The first kappa shape index (κ1) is 11.8. The van der Waals surface area contributed by atoms with E-state index in [0.717, 1.165) is 16.6 Å². The molecular formula is C12H16N4O. The van der Waals surface area contributed by atoms with E-state index in [-0.39, 0.29) is 0 Å². The third kappa shape index (κ3) is 3.12. The van der Waals surface area contributed by atoms with Crippen molar-refractivity contribution in [3.05, 3.63) is 30.5 Å². The highest BCUT2D eigenvalue weighted by Gasteiger charge is 2.01. The molecule has 90 valence electrons. The van der Waals surface area contributed by atoms with Crippen LogP contribution in [0.1, 0.15) is 0 Å². The lowest BCUT2D eigenvalue weighted by Gasteiger charge is -2.07. The Morgan fingerprint density at radius 2 is 2.12 bits per heavy atom. The average Bonchev–Trinajstić information content (AvgIpc) is 2.39. The van der Waals surface area contributed by atoms with Crippen molar-refractivity contribution >= 4 is 16.6 Å². The summed E-state index contributed by atoms with van der Waals surface area (Å²) < 4.78 is 5.28. The fourth-order valence-corrected chi connectivity index (χ4v) is 1.59. The summed E-state index contributed by atoms with van der Waals surface area (Å²) in [6, 6.07) is 8.01. The van der Waals surface area contributed by atoms with Crippen LogP contribution in [0.3, 0.4) is 0 Å². The summed E-state index contributed by atoms with van der Waals surface area (Å²) in [6.45, 7) is 2.45. The molecule has 0 bridgehead atoms. The van der Waals surface area contributed by atoms with Gasteiger partial charge in [0.25, 0.3) is 0 Å². The highest BCUT2D eigenvalue weighted by Crippen LogP contribution is 2.18. The van der Waals surface area contributed by atoms with Crippen molar-refractivity contribution in [2.45, 2.75) is 0 Å². The second kappa shape index (κ2) is 6.12. The molecule has 0 aliphatic heterocycles. The number of rotatable bonds is 6. The Bertz CT molecular complexity index is 470. The predicted octanol–water partition coefficient (Wildman–Crippen LogP) is 1.02. The Hall–Kier alpha value is -1.72. The Balaban J connectivity index is 1.98. The Labute approximate surface area is 100.0 Å². The van der Waals surface area contributed by atoms with Gasteiger partial charge in [-0.25, -0.2) is 0 Å². The van der Waals surface area contributed by atoms with Gasteiger partial charge in [-0.05, 0) is 0 Å². The van der Waals surface area contributed by atoms with Gasteiger partial charge in [0.2, 0.25) is 0 Å². The fraction of sp³-hybridized carbons (Fsp3) is 0.333. The van der Waals surface area contributed by atoms with Crippen molar-refractivity contribution in [3.63, 3.8) is 0 Å². The second-order valence-corrected chi connectivity index (χ2v) is 3.61. The zero-order chi connectivity index (χ0) is 11.9. The number of nitrogens with one attached hydrogen (secondary N) is 1. The van der Waals surface area contributed by atoms with E-state index in [4.69, 9.17) is 10.5 Å². The van der Waals surface area contributed by atoms with Gasteiger partial charge in [0.1, 0.15) is 0 Å². The first-order valence-electron chi connectivity index (χ1n) is 5.64. The van der Waals surface area contributed by atoms with E-state index in [9.17, 15) is 0 Å². The molecule has 0 atom stereocenters. The molecule has 0 fully saturated rings. The average molecular weight is 232 g/mol. The van der Waals surface area contributed by atoms with E-state index in [1.807, 2.05) is 24.3 Å². The molecule has 0 saturated heterocycles. The predicted molar refractivity (Wildman–Crippen MR) is 67.9 cm³/mol. The van der Waals surface area contributed by atoms with Gasteiger partial charge in [0.15, 0.2) is 5.82 Å². The lowest BCUT2D eigenvalue weighted by molar-refractivity contribution is 0.151. The van der Waals surface area contributed by atoms with Crippen molar-refractivity contribution < 1.29 is 4.74 Å². The number of nitrogens with zero attached hydrogens (tertiary/aromatic N) is 2.